The van der Waals surface area contributed by atoms with Gasteiger partial charge in [0.25, 0.3) is 0 Å². The summed E-state index contributed by atoms with van der Waals surface area (Å²) >= 11 is 0. The van der Waals surface area contributed by atoms with Gasteiger partial charge < -0.3 is 4.90 Å². The summed E-state index contributed by atoms with van der Waals surface area (Å²) in [6, 6.07) is 3.67. The van der Waals surface area contributed by atoms with Crippen LogP contribution in [0.15, 0.2) is 28.0 Å². The Hall–Kier alpha value is -1.00. The van der Waals surface area contributed by atoms with Crippen molar-refractivity contribution in [3.63, 3.8) is 0 Å². The molecular weight excluding hydrogens is 314 g/mol. The molecule has 0 saturated carbocycles. The lowest BCUT2D eigenvalue weighted by Crippen LogP contribution is -2.43. The van der Waals surface area contributed by atoms with E-state index in [1.807, 2.05) is 7.05 Å². The Bertz CT molecular complexity index is 738. The van der Waals surface area contributed by atoms with Gasteiger partial charge in [0.1, 0.15) is 0 Å². The van der Waals surface area contributed by atoms with Gasteiger partial charge in [0.2, 0.25) is 20.0 Å². The zero-order valence-electron chi connectivity index (χ0n) is 11.7. The van der Waals surface area contributed by atoms with Gasteiger partial charge in [-0.05, 0) is 49.6 Å². The van der Waals surface area contributed by atoms with Gasteiger partial charge in [0, 0.05) is 13.1 Å². The van der Waals surface area contributed by atoms with Gasteiger partial charge in [0.15, 0.2) is 0 Å². The fourth-order valence-corrected chi connectivity index (χ4v) is 3.92. The molecule has 1 aliphatic rings. The molecule has 7 nitrogen and oxygen atoms in total. The van der Waals surface area contributed by atoms with E-state index in [-0.39, 0.29) is 9.79 Å². The standard InChI is InChI=1S/C12H19N3O4S2/c1-15-7-9(8-15)2-3-10-6-11(20(13,16)17)4-5-12(10)21(14,18)19/h4-6,9H,2-3,7-8H2,1H3,(H2,13,16,17)(H2,14,18,19). The number of nitrogens with two attached hydrogens (primary N) is 2. The summed E-state index contributed by atoms with van der Waals surface area (Å²) in [5.41, 5.74) is 0.401. The number of rotatable bonds is 5. The molecule has 1 saturated heterocycles. The average Bonchev–Trinajstić information content (AvgIpc) is 2.30. The first-order valence-corrected chi connectivity index (χ1v) is 9.53. The van der Waals surface area contributed by atoms with Crippen LogP contribution in [-0.4, -0.2) is 41.9 Å². The van der Waals surface area contributed by atoms with Crippen LogP contribution in [0.3, 0.4) is 0 Å². The number of benzene rings is 1. The second kappa shape index (κ2) is 5.65. The summed E-state index contributed by atoms with van der Waals surface area (Å²) in [5.74, 6) is 0.487. The zero-order valence-corrected chi connectivity index (χ0v) is 13.3. The van der Waals surface area contributed by atoms with Gasteiger partial charge in [-0.3, -0.25) is 0 Å². The number of sulfonamides is 2. The normalized spacial score (nSPS) is 17.7. The van der Waals surface area contributed by atoms with Gasteiger partial charge >= 0.3 is 0 Å². The summed E-state index contributed by atoms with van der Waals surface area (Å²) in [7, 11) is -5.75. The molecule has 0 unspecified atom stereocenters. The maximum absolute atomic E-state index is 11.6. The molecule has 0 radical (unpaired) electrons. The van der Waals surface area contributed by atoms with Crippen molar-refractivity contribution in [1.82, 2.24) is 4.90 Å². The van der Waals surface area contributed by atoms with E-state index >= 15 is 0 Å². The molecule has 4 N–H and O–H groups in total. The zero-order chi connectivity index (χ0) is 15.8. The van der Waals surface area contributed by atoms with Crippen molar-refractivity contribution >= 4 is 20.0 Å². The van der Waals surface area contributed by atoms with Gasteiger partial charge in [-0.15, -0.1) is 0 Å². The quantitative estimate of drug-likeness (QED) is 0.750. The minimum absolute atomic E-state index is 0.0393. The highest BCUT2D eigenvalue weighted by atomic mass is 32.2. The van der Waals surface area contributed by atoms with E-state index in [0.717, 1.165) is 25.6 Å². The van der Waals surface area contributed by atoms with E-state index in [1.165, 1.54) is 12.1 Å². The van der Waals surface area contributed by atoms with Crippen LogP contribution in [0.25, 0.3) is 0 Å². The lowest BCUT2D eigenvalue weighted by atomic mass is 9.93. The van der Waals surface area contributed by atoms with Crippen molar-refractivity contribution in [1.29, 1.82) is 0 Å². The third-order valence-electron chi connectivity index (χ3n) is 3.63. The van der Waals surface area contributed by atoms with Gasteiger partial charge in [-0.1, -0.05) is 0 Å². The Kier molecular flexibility index (Phi) is 4.41. The number of hydrogen-bond acceptors (Lipinski definition) is 5. The third-order valence-corrected chi connectivity index (χ3v) is 5.55. The van der Waals surface area contributed by atoms with Crippen LogP contribution in [0.5, 0.6) is 0 Å². The first kappa shape index (κ1) is 16.4. The molecule has 0 bridgehead atoms. The molecule has 118 valence electrons. The fourth-order valence-electron chi connectivity index (χ4n) is 2.58. The Morgan fingerprint density at radius 1 is 1.14 bits per heavy atom. The molecule has 0 spiro atoms. The highest BCUT2D eigenvalue weighted by molar-refractivity contribution is 7.89. The van der Waals surface area contributed by atoms with Gasteiger partial charge in [-0.2, -0.15) is 0 Å². The summed E-state index contributed by atoms with van der Waals surface area (Å²) in [4.78, 5) is 2.02. The molecule has 1 aromatic rings. The number of primary sulfonamides is 2. The third kappa shape index (κ3) is 4.01. The smallest absolute Gasteiger partial charge is 0.238 e. The van der Waals surface area contributed by atoms with Crippen molar-refractivity contribution in [3.8, 4) is 0 Å². The lowest BCUT2D eigenvalue weighted by molar-refractivity contribution is 0.127. The van der Waals surface area contributed by atoms with Gasteiger partial charge in [-0.25, -0.2) is 27.1 Å². The first-order valence-electron chi connectivity index (χ1n) is 6.44. The number of likely N-dealkylation sites (tertiary alicyclic amines) is 1. The topological polar surface area (TPSA) is 124 Å². The van der Waals surface area contributed by atoms with E-state index in [2.05, 4.69) is 4.90 Å². The minimum Gasteiger partial charge on any atom is -0.306 e. The van der Waals surface area contributed by atoms with E-state index in [4.69, 9.17) is 10.3 Å². The summed E-state index contributed by atoms with van der Waals surface area (Å²) in [6.07, 6.45) is 1.23. The van der Waals surface area contributed by atoms with Crippen LogP contribution in [0, 0.1) is 5.92 Å². The molecule has 1 fully saturated rings. The predicted octanol–water partition coefficient (Wildman–Crippen LogP) is -0.524. The van der Waals surface area contributed by atoms with Crippen molar-refractivity contribution in [2.75, 3.05) is 20.1 Å². The fraction of sp³-hybridized carbons (Fsp3) is 0.500. The highest BCUT2D eigenvalue weighted by Crippen LogP contribution is 2.24. The largest absolute Gasteiger partial charge is 0.306 e. The minimum atomic E-state index is -3.89. The second-order valence-corrected chi connectivity index (χ2v) is 8.58. The van der Waals surface area contributed by atoms with Crippen molar-refractivity contribution in [3.05, 3.63) is 23.8 Å². The molecule has 1 aromatic carbocycles. The van der Waals surface area contributed by atoms with Crippen LogP contribution in [0.1, 0.15) is 12.0 Å². The number of nitrogens with zero attached hydrogens (tertiary/aromatic N) is 1. The molecule has 9 heteroatoms. The molecule has 0 amide bonds. The molecule has 1 heterocycles. The summed E-state index contributed by atoms with van der Waals surface area (Å²) in [5, 5.41) is 10.3. The summed E-state index contributed by atoms with van der Waals surface area (Å²) in [6.45, 7) is 1.92. The predicted molar refractivity (Wildman–Crippen MR) is 78.5 cm³/mol. The monoisotopic (exact) mass is 333 g/mol. The van der Waals surface area contributed by atoms with E-state index in [0.29, 0.717) is 17.9 Å². The maximum atomic E-state index is 11.6. The Morgan fingerprint density at radius 3 is 2.24 bits per heavy atom. The Balaban J connectivity index is 2.30. The average molecular weight is 333 g/mol. The van der Waals surface area contributed by atoms with Crippen LogP contribution >= 0.6 is 0 Å². The number of aryl methyl sites for hydroxylation is 1. The molecule has 21 heavy (non-hydrogen) atoms. The summed E-state index contributed by atoms with van der Waals surface area (Å²) < 4.78 is 45.9. The number of hydrogen-bond donors (Lipinski definition) is 2. The molecule has 2 rings (SSSR count). The van der Waals surface area contributed by atoms with Crippen LogP contribution in [0.4, 0.5) is 0 Å². The Morgan fingerprint density at radius 2 is 1.76 bits per heavy atom. The highest BCUT2D eigenvalue weighted by Gasteiger charge is 2.24. The van der Waals surface area contributed by atoms with Crippen molar-refractivity contribution in [2.45, 2.75) is 22.6 Å². The Labute approximate surface area is 125 Å². The van der Waals surface area contributed by atoms with E-state index in [9.17, 15) is 16.8 Å². The molecule has 1 aliphatic heterocycles. The van der Waals surface area contributed by atoms with Crippen molar-refractivity contribution < 1.29 is 16.8 Å². The van der Waals surface area contributed by atoms with Gasteiger partial charge in [0.05, 0.1) is 9.79 Å². The molecule has 0 aromatic heterocycles. The molecule has 0 atom stereocenters. The SMILES string of the molecule is CN1CC(CCc2cc(S(N)(=O)=O)ccc2S(N)(=O)=O)C1. The van der Waals surface area contributed by atoms with E-state index < -0.39 is 20.0 Å². The van der Waals surface area contributed by atoms with Crippen LogP contribution in [-0.2, 0) is 26.5 Å². The maximum Gasteiger partial charge on any atom is 0.238 e. The van der Waals surface area contributed by atoms with E-state index in [1.54, 1.807) is 0 Å². The molecular formula is C12H19N3O4S2. The van der Waals surface area contributed by atoms with Crippen LogP contribution < -0.4 is 10.3 Å². The second-order valence-electron chi connectivity index (χ2n) is 5.49. The van der Waals surface area contributed by atoms with Crippen molar-refractivity contribution in [2.24, 2.45) is 16.2 Å². The lowest BCUT2D eigenvalue weighted by Gasteiger charge is -2.36. The van der Waals surface area contributed by atoms with Crippen LogP contribution in [0.2, 0.25) is 0 Å². The first-order chi connectivity index (χ1) is 9.57. The molecule has 0 aliphatic carbocycles.